The summed E-state index contributed by atoms with van der Waals surface area (Å²) in [5.74, 6) is 1.42. The van der Waals surface area contributed by atoms with Gasteiger partial charge in [-0.05, 0) is 42.8 Å². The Hall–Kier alpha value is -2.40. The van der Waals surface area contributed by atoms with Crippen LogP contribution in [0.15, 0.2) is 41.0 Å². The zero-order valence-corrected chi connectivity index (χ0v) is 13.9. The van der Waals surface area contributed by atoms with Crippen LogP contribution >= 0.6 is 11.6 Å². The number of rotatable bonds is 6. The van der Waals surface area contributed by atoms with Crippen molar-refractivity contribution in [1.29, 1.82) is 0 Å². The molecule has 0 radical (unpaired) electrons. The molecule has 2 rings (SSSR count). The molecule has 2 aromatic rings. The second-order valence-electron chi connectivity index (χ2n) is 4.82. The Morgan fingerprint density at radius 1 is 1.35 bits per heavy atom. The zero-order valence-electron chi connectivity index (χ0n) is 13.1. The standard InChI is InChI=1S/C17H18ClNO4/c1-11(14-5-4-8-23-14)19-16(20)7-6-12-9-13(18)17(22-3)15(10-12)21-2/h4-11H,1-3H3,(H,19,20)/b7-6+/t11-/m1/s1. The third-order valence-electron chi connectivity index (χ3n) is 3.21. The maximum absolute atomic E-state index is 12.0. The van der Waals surface area contributed by atoms with Gasteiger partial charge in [-0.3, -0.25) is 4.79 Å². The predicted octanol–water partition coefficient (Wildman–Crippen LogP) is 3.84. The molecule has 0 aliphatic rings. The summed E-state index contributed by atoms with van der Waals surface area (Å²) in [7, 11) is 3.04. The third kappa shape index (κ3) is 4.29. The van der Waals surface area contributed by atoms with Gasteiger partial charge < -0.3 is 19.2 Å². The molecule has 0 spiro atoms. The summed E-state index contributed by atoms with van der Waals surface area (Å²) in [6.45, 7) is 1.85. The number of methoxy groups -OCH3 is 2. The number of carbonyl (C=O) groups excluding carboxylic acids is 1. The van der Waals surface area contributed by atoms with Crippen molar-refractivity contribution in [3.05, 3.63) is 53.0 Å². The molecule has 1 N–H and O–H groups in total. The van der Waals surface area contributed by atoms with E-state index in [9.17, 15) is 4.79 Å². The Kier molecular flexibility index (Phi) is 5.71. The predicted molar refractivity (Wildman–Crippen MR) is 88.9 cm³/mol. The highest BCUT2D eigenvalue weighted by molar-refractivity contribution is 6.32. The van der Waals surface area contributed by atoms with Crippen molar-refractivity contribution in [2.45, 2.75) is 13.0 Å². The van der Waals surface area contributed by atoms with Crippen LogP contribution in [0, 0.1) is 0 Å². The van der Waals surface area contributed by atoms with Crippen LogP contribution in [0.4, 0.5) is 0 Å². The molecule has 1 atom stereocenters. The fourth-order valence-electron chi connectivity index (χ4n) is 2.08. The van der Waals surface area contributed by atoms with E-state index in [-0.39, 0.29) is 11.9 Å². The first kappa shape index (κ1) is 17.0. The van der Waals surface area contributed by atoms with Gasteiger partial charge in [0.2, 0.25) is 5.91 Å². The van der Waals surface area contributed by atoms with Crippen LogP contribution in [0.2, 0.25) is 5.02 Å². The van der Waals surface area contributed by atoms with Crippen LogP contribution in [0.1, 0.15) is 24.3 Å². The summed E-state index contributed by atoms with van der Waals surface area (Å²) in [6, 6.07) is 6.81. The molecular weight excluding hydrogens is 318 g/mol. The van der Waals surface area contributed by atoms with Crippen molar-refractivity contribution in [2.75, 3.05) is 14.2 Å². The Labute approximate surface area is 139 Å². The molecule has 6 heteroatoms. The average molecular weight is 336 g/mol. The molecule has 0 aliphatic heterocycles. The average Bonchev–Trinajstić information content (AvgIpc) is 3.06. The SMILES string of the molecule is COc1cc(/C=C/C(=O)N[C@H](C)c2ccco2)cc(Cl)c1OC. The molecule has 0 unspecified atom stereocenters. The van der Waals surface area contributed by atoms with Gasteiger partial charge in [-0.2, -0.15) is 0 Å². The molecule has 1 heterocycles. The summed E-state index contributed by atoms with van der Waals surface area (Å²) in [5, 5.41) is 3.22. The van der Waals surface area contributed by atoms with Gasteiger partial charge in [0, 0.05) is 6.08 Å². The molecule has 0 aliphatic carbocycles. The molecule has 0 saturated heterocycles. The normalized spacial score (nSPS) is 12.2. The Bertz CT molecular complexity index is 695. The quantitative estimate of drug-likeness (QED) is 0.815. The van der Waals surface area contributed by atoms with E-state index >= 15 is 0 Å². The lowest BCUT2D eigenvalue weighted by Crippen LogP contribution is -2.24. The number of hydrogen-bond donors (Lipinski definition) is 1. The van der Waals surface area contributed by atoms with Gasteiger partial charge in [0.1, 0.15) is 5.76 Å². The van der Waals surface area contributed by atoms with Crippen LogP contribution in [-0.4, -0.2) is 20.1 Å². The highest BCUT2D eigenvalue weighted by Gasteiger charge is 2.11. The maximum atomic E-state index is 12.0. The topological polar surface area (TPSA) is 60.7 Å². The molecule has 0 fully saturated rings. The van der Waals surface area contributed by atoms with Crippen LogP contribution in [0.25, 0.3) is 6.08 Å². The highest BCUT2D eigenvalue weighted by Crippen LogP contribution is 2.36. The molecule has 1 aromatic heterocycles. The largest absolute Gasteiger partial charge is 0.493 e. The van der Waals surface area contributed by atoms with Crippen LogP contribution in [-0.2, 0) is 4.79 Å². The van der Waals surface area contributed by atoms with Gasteiger partial charge in [0.25, 0.3) is 0 Å². The first-order valence-electron chi connectivity index (χ1n) is 6.98. The summed E-state index contributed by atoms with van der Waals surface area (Å²) in [6.07, 6.45) is 4.65. The van der Waals surface area contributed by atoms with E-state index in [1.807, 2.05) is 13.0 Å². The minimum atomic E-state index is -0.236. The lowest BCUT2D eigenvalue weighted by Gasteiger charge is -2.10. The minimum Gasteiger partial charge on any atom is -0.493 e. The van der Waals surface area contributed by atoms with E-state index in [0.717, 1.165) is 5.56 Å². The summed E-state index contributed by atoms with van der Waals surface area (Å²) < 4.78 is 15.6. The maximum Gasteiger partial charge on any atom is 0.244 e. The number of carbonyl (C=O) groups is 1. The van der Waals surface area contributed by atoms with Crippen LogP contribution in [0.5, 0.6) is 11.5 Å². The van der Waals surface area contributed by atoms with E-state index < -0.39 is 0 Å². The van der Waals surface area contributed by atoms with Gasteiger partial charge in [-0.1, -0.05) is 11.6 Å². The first-order chi connectivity index (χ1) is 11.0. The van der Waals surface area contributed by atoms with E-state index in [1.165, 1.54) is 20.3 Å². The van der Waals surface area contributed by atoms with Crippen molar-refractivity contribution in [3.8, 4) is 11.5 Å². The Morgan fingerprint density at radius 2 is 2.13 bits per heavy atom. The molecule has 5 nitrogen and oxygen atoms in total. The van der Waals surface area contributed by atoms with E-state index in [2.05, 4.69) is 5.32 Å². The number of amides is 1. The lowest BCUT2D eigenvalue weighted by molar-refractivity contribution is -0.117. The number of halogens is 1. The molecule has 23 heavy (non-hydrogen) atoms. The van der Waals surface area contributed by atoms with E-state index in [1.54, 1.807) is 30.5 Å². The van der Waals surface area contributed by atoms with Gasteiger partial charge >= 0.3 is 0 Å². The van der Waals surface area contributed by atoms with E-state index in [0.29, 0.717) is 22.3 Å². The summed E-state index contributed by atoms with van der Waals surface area (Å²) >= 11 is 6.13. The monoisotopic (exact) mass is 335 g/mol. The minimum absolute atomic E-state index is 0.212. The molecule has 1 aromatic carbocycles. The van der Waals surface area contributed by atoms with Crippen molar-refractivity contribution < 1.29 is 18.7 Å². The first-order valence-corrected chi connectivity index (χ1v) is 7.36. The molecule has 0 bridgehead atoms. The Morgan fingerprint density at radius 3 is 2.74 bits per heavy atom. The second kappa shape index (κ2) is 7.74. The van der Waals surface area contributed by atoms with Gasteiger partial charge in [0.05, 0.1) is 31.5 Å². The fraction of sp³-hybridized carbons (Fsp3) is 0.235. The molecular formula is C17H18ClNO4. The molecule has 122 valence electrons. The van der Waals surface area contributed by atoms with Crippen molar-refractivity contribution in [3.63, 3.8) is 0 Å². The van der Waals surface area contributed by atoms with Crippen molar-refractivity contribution in [2.24, 2.45) is 0 Å². The van der Waals surface area contributed by atoms with Crippen LogP contribution in [0.3, 0.4) is 0 Å². The second-order valence-corrected chi connectivity index (χ2v) is 5.22. The molecule has 0 saturated carbocycles. The number of hydrogen-bond acceptors (Lipinski definition) is 4. The number of nitrogens with one attached hydrogen (secondary N) is 1. The van der Waals surface area contributed by atoms with E-state index in [4.69, 9.17) is 25.5 Å². The summed E-state index contributed by atoms with van der Waals surface area (Å²) in [5.41, 5.74) is 0.730. The highest BCUT2D eigenvalue weighted by atomic mass is 35.5. The number of ether oxygens (including phenoxy) is 2. The fourth-order valence-corrected chi connectivity index (χ4v) is 2.37. The lowest BCUT2D eigenvalue weighted by atomic mass is 10.1. The van der Waals surface area contributed by atoms with Crippen LogP contribution < -0.4 is 14.8 Å². The van der Waals surface area contributed by atoms with Gasteiger partial charge in [-0.25, -0.2) is 0 Å². The van der Waals surface area contributed by atoms with Gasteiger partial charge in [-0.15, -0.1) is 0 Å². The zero-order chi connectivity index (χ0) is 16.8. The summed E-state index contributed by atoms with van der Waals surface area (Å²) in [4.78, 5) is 12.0. The van der Waals surface area contributed by atoms with Crippen molar-refractivity contribution >= 4 is 23.6 Å². The third-order valence-corrected chi connectivity index (χ3v) is 3.49. The molecule has 1 amide bonds. The van der Waals surface area contributed by atoms with Crippen molar-refractivity contribution in [1.82, 2.24) is 5.32 Å². The smallest absolute Gasteiger partial charge is 0.244 e. The Balaban J connectivity index is 2.07. The number of furan rings is 1. The number of benzene rings is 1. The van der Waals surface area contributed by atoms with Gasteiger partial charge in [0.15, 0.2) is 11.5 Å².